The molecular formula is C23H37Cl2NS. The molecule has 0 bridgehead atoms. The zero-order chi connectivity index (χ0) is 19.5. The van der Waals surface area contributed by atoms with Crippen molar-refractivity contribution < 1.29 is 0 Å². The summed E-state index contributed by atoms with van der Waals surface area (Å²) in [5.74, 6) is 3.39. The van der Waals surface area contributed by atoms with Crippen LogP contribution in [0.3, 0.4) is 0 Å². The first kappa shape index (κ1) is 23.4. The highest BCUT2D eigenvalue weighted by molar-refractivity contribution is 7.99. The maximum Gasteiger partial charge on any atom is 0.0595 e. The highest BCUT2D eigenvalue weighted by Crippen LogP contribution is 2.49. The van der Waals surface area contributed by atoms with Gasteiger partial charge in [0.25, 0.3) is 0 Å². The van der Waals surface area contributed by atoms with E-state index in [1.54, 1.807) is 0 Å². The third-order valence-corrected chi connectivity index (χ3v) is 7.82. The van der Waals surface area contributed by atoms with Crippen molar-refractivity contribution in [3.8, 4) is 0 Å². The number of thioether (sulfide) groups is 1. The molecule has 0 amide bonds. The summed E-state index contributed by atoms with van der Waals surface area (Å²) < 4.78 is 0. The SMILES string of the molecule is CCCCSCCCCNCCC(C)CC1(c2ccc(Cl)c(Cl)c2)CCC1. The summed E-state index contributed by atoms with van der Waals surface area (Å²) in [6.45, 7) is 6.98. The van der Waals surface area contributed by atoms with Crippen LogP contribution in [0, 0.1) is 5.92 Å². The summed E-state index contributed by atoms with van der Waals surface area (Å²) in [4.78, 5) is 0. The molecule has 1 atom stereocenters. The number of halogens is 2. The van der Waals surface area contributed by atoms with Gasteiger partial charge >= 0.3 is 0 Å². The zero-order valence-electron chi connectivity index (χ0n) is 17.2. The third kappa shape index (κ3) is 7.80. The van der Waals surface area contributed by atoms with Crippen LogP contribution in [0.15, 0.2) is 18.2 Å². The molecule has 1 aromatic rings. The van der Waals surface area contributed by atoms with Gasteiger partial charge in [0.05, 0.1) is 10.0 Å². The van der Waals surface area contributed by atoms with E-state index in [1.165, 1.54) is 81.4 Å². The summed E-state index contributed by atoms with van der Waals surface area (Å²) in [5, 5.41) is 5.01. The average Bonchev–Trinajstić information content (AvgIpc) is 2.62. The predicted octanol–water partition coefficient (Wildman–Crippen LogP) is 7.73. The lowest BCUT2D eigenvalue weighted by molar-refractivity contribution is 0.190. The second-order valence-corrected chi connectivity index (χ2v) is 10.3. The fraction of sp³-hybridized carbons (Fsp3) is 0.739. The number of rotatable bonds is 14. The topological polar surface area (TPSA) is 12.0 Å². The first-order valence-corrected chi connectivity index (χ1v) is 12.7. The molecule has 1 aliphatic carbocycles. The fourth-order valence-electron chi connectivity index (χ4n) is 4.09. The van der Waals surface area contributed by atoms with Gasteiger partial charge in [-0.15, -0.1) is 0 Å². The van der Waals surface area contributed by atoms with Crippen LogP contribution in [0.25, 0.3) is 0 Å². The zero-order valence-corrected chi connectivity index (χ0v) is 19.5. The minimum absolute atomic E-state index is 0.337. The summed E-state index contributed by atoms with van der Waals surface area (Å²) in [6.07, 6.45) is 11.8. The predicted molar refractivity (Wildman–Crippen MR) is 125 cm³/mol. The van der Waals surface area contributed by atoms with Crippen molar-refractivity contribution in [3.63, 3.8) is 0 Å². The standard InChI is InChI=1S/C23H37Cl2NS/c1-3-4-15-27-16-6-5-13-26-14-10-19(2)18-23(11-7-12-23)20-8-9-21(24)22(25)17-20/h8-9,17,19,26H,3-7,10-16,18H2,1-2H3. The molecule has 0 aromatic heterocycles. The Balaban J connectivity index is 1.62. The van der Waals surface area contributed by atoms with Gasteiger partial charge in [-0.25, -0.2) is 0 Å². The molecule has 1 aliphatic rings. The number of unbranched alkanes of at least 4 members (excludes halogenated alkanes) is 2. The van der Waals surface area contributed by atoms with E-state index in [-0.39, 0.29) is 0 Å². The first-order valence-electron chi connectivity index (χ1n) is 10.8. The lowest BCUT2D eigenvalue weighted by Crippen LogP contribution is -2.36. The number of nitrogens with one attached hydrogen (secondary N) is 1. The van der Waals surface area contributed by atoms with E-state index in [1.807, 2.05) is 6.07 Å². The fourth-order valence-corrected chi connectivity index (χ4v) is 5.49. The van der Waals surface area contributed by atoms with E-state index in [0.717, 1.165) is 12.5 Å². The Bertz CT molecular complexity index is 545. The van der Waals surface area contributed by atoms with E-state index in [9.17, 15) is 0 Å². The molecule has 154 valence electrons. The molecule has 0 radical (unpaired) electrons. The minimum Gasteiger partial charge on any atom is -0.317 e. The third-order valence-electron chi connectivity index (χ3n) is 5.93. The molecule has 27 heavy (non-hydrogen) atoms. The van der Waals surface area contributed by atoms with Crippen molar-refractivity contribution in [2.75, 3.05) is 24.6 Å². The Morgan fingerprint density at radius 2 is 1.85 bits per heavy atom. The second kappa shape index (κ2) is 12.6. The van der Waals surface area contributed by atoms with Crippen molar-refractivity contribution in [1.29, 1.82) is 0 Å². The van der Waals surface area contributed by atoms with Crippen molar-refractivity contribution in [1.82, 2.24) is 5.32 Å². The van der Waals surface area contributed by atoms with Gasteiger partial charge < -0.3 is 5.32 Å². The van der Waals surface area contributed by atoms with Gasteiger partial charge in [-0.1, -0.05) is 56.0 Å². The summed E-state index contributed by atoms with van der Waals surface area (Å²) in [5.41, 5.74) is 1.73. The van der Waals surface area contributed by atoms with E-state index in [2.05, 4.69) is 43.1 Å². The minimum atomic E-state index is 0.337. The van der Waals surface area contributed by atoms with Crippen molar-refractivity contribution >= 4 is 35.0 Å². The molecule has 1 unspecified atom stereocenters. The van der Waals surface area contributed by atoms with Gasteiger partial charge in [0.1, 0.15) is 0 Å². The molecule has 0 saturated heterocycles. The summed E-state index contributed by atoms with van der Waals surface area (Å²) in [7, 11) is 0. The smallest absolute Gasteiger partial charge is 0.0595 e. The van der Waals surface area contributed by atoms with E-state index in [4.69, 9.17) is 23.2 Å². The lowest BCUT2D eigenvalue weighted by Gasteiger charge is -2.44. The van der Waals surface area contributed by atoms with Crippen LogP contribution in [0.2, 0.25) is 10.0 Å². The van der Waals surface area contributed by atoms with Crippen LogP contribution < -0.4 is 5.32 Å². The summed E-state index contributed by atoms with van der Waals surface area (Å²) in [6, 6.07) is 6.26. The monoisotopic (exact) mass is 429 g/mol. The van der Waals surface area contributed by atoms with Gasteiger partial charge in [0.2, 0.25) is 0 Å². The molecule has 0 heterocycles. The molecule has 1 N–H and O–H groups in total. The van der Waals surface area contributed by atoms with Gasteiger partial charge in [-0.3, -0.25) is 0 Å². The van der Waals surface area contributed by atoms with Crippen molar-refractivity contribution in [3.05, 3.63) is 33.8 Å². The van der Waals surface area contributed by atoms with Gasteiger partial charge in [0, 0.05) is 0 Å². The molecule has 0 spiro atoms. The van der Waals surface area contributed by atoms with E-state index >= 15 is 0 Å². The van der Waals surface area contributed by atoms with Crippen LogP contribution in [0.1, 0.15) is 77.2 Å². The van der Waals surface area contributed by atoms with Gasteiger partial charge in [-0.2, -0.15) is 11.8 Å². The van der Waals surface area contributed by atoms with Crippen LogP contribution in [-0.2, 0) is 5.41 Å². The highest BCUT2D eigenvalue weighted by Gasteiger charge is 2.39. The Morgan fingerprint density at radius 1 is 1.07 bits per heavy atom. The molecule has 0 aliphatic heterocycles. The molecule has 1 fully saturated rings. The van der Waals surface area contributed by atoms with Crippen LogP contribution >= 0.6 is 35.0 Å². The lowest BCUT2D eigenvalue weighted by atomic mass is 9.60. The Labute approximate surface area is 181 Å². The number of hydrogen-bond donors (Lipinski definition) is 1. The molecule has 1 nitrogen and oxygen atoms in total. The Morgan fingerprint density at radius 3 is 2.52 bits per heavy atom. The highest BCUT2D eigenvalue weighted by atomic mass is 35.5. The van der Waals surface area contributed by atoms with E-state index in [0.29, 0.717) is 15.5 Å². The van der Waals surface area contributed by atoms with Crippen LogP contribution in [0.5, 0.6) is 0 Å². The summed E-state index contributed by atoms with van der Waals surface area (Å²) >= 11 is 14.5. The Hall–Kier alpha value is 0.110. The molecule has 2 rings (SSSR count). The number of benzene rings is 1. The average molecular weight is 431 g/mol. The quantitative estimate of drug-likeness (QED) is 0.303. The first-order chi connectivity index (χ1) is 13.1. The normalized spacial score (nSPS) is 16.9. The molecule has 1 saturated carbocycles. The van der Waals surface area contributed by atoms with Crippen molar-refractivity contribution in [2.45, 2.75) is 77.0 Å². The largest absolute Gasteiger partial charge is 0.317 e. The molecular weight excluding hydrogens is 393 g/mol. The number of hydrogen-bond acceptors (Lipinski definition) is 2. The van der Waals surface area contributed by atoms with E-state index < -0.39 is 0 Å². The van der Waals surface area contributed by atoms with Crippen molar-refractivity contribution in [2.24, 2.45) is 5.92 Å². The maximum absolute atomic E-state index is 6.27. The molecule has 4 heteroatoms. The van der Waals surface area contributed by atoms with Crippen LogP contribution in [-0.4, -0.2) is 24.6 Å². The second-order valence-electron chi connectivity index (χ2n) is 8.28. The van der Waals surface area contributed by atoms with Gasteiger partial charge in [-0.05, 0) is 98.6 Å². The van der Waals surface area contributed by atoms with Crippen LogP contribution in [0.4, 0.5) is 0 Å². The maximum atomic E-state index is 6.27. The van der Waals surface area contributed by atoms with Gasteiger partial charge in [0.15, 0.2) is 0 Å². The Kier molecular flexibility index (Phi) is 10.9. The molecule has 1 aromatic carbocycles.